The number of hydrogen-bond acceptors (Lipinski definition) is 4. The summed E-state index contributed by atoms with van der Waals surface area (Å²) in [6, 6.07) is 48.1. The van der Waals surface area contributed by atoms with E-state index in [0.717, 1.165) is 66.2 Å². The molecule has 1 aromatic heterocycles. The van der Waals surface area contributed by atoms with Crippen molar-refractivity contribution in [2.75, 3.05) is 0 Å². The van der Waals surface area contributed by atoms with Gasteiger partial charge in [-0.2, -0.15) is 0 Å². The van der Waals surface area contributed by atoms with Gasteiger partial charge in [-0.15, -0.1) is 0 Å². The molecule has 0 spiro atoms. The van der Waals surface area contributed by atoms with E-state index < -0.39 is 5.60 Å². The van der Waals surface area contributed by atoms with Crippen molar-refractivity contribution >= 4 is 21.5 Å². The summed E-state index contributed by atoms with van der Waals surface area (Å²) in [6.45, 7) is 4.16. The van der Waals surface area contributed by atoms with Crippen LogP contribution in [0.2, 0.25) is 0 Å². The molecule has 1 aliphatic rings. The number of hydrogen-bond donors (Lipinski definition) is 0. The van der Waals surface area contributed by atoms with Gasteiger partial charge < -0.3 is 4.74 Å². The van der Waals surface area contributed by atoms with Gasteiger partial charge >= 0.3 is 0 Å². The zero-order chi connectivity index (χ0) is 33.1. The Morgan fingerprint density at radius 3 is 1.63 bits per heavy atom. The second-order valence-corrected chi connectivity index (χ2v) is 13.0. The summed E-state index contributed by atoms with van der Waals surface area (Å²) in [7, 11) is 0. The highest BCUT2D eigenvalue weighted by molar-refractivity contribution is 5.89. The van der Waals surface area contributed by atoms with Gasteiger partial charge in [0, 0.05) is 27.8 Å². The summed E-state index contributed by atoms with van der Waals surface area (Å²) < 4.78 is 22.0. The fraction of sp³-hybridized carbons (Fsp3) is 0.0682. The Morgan fingerprint density at radius 1 is 0.449 bits per heavy atom. The zero-order valence-electron chi connectivity index (χ0n) is 27.0. The van der Waals surface area contributed by atoms with Crippen LogP contribution in [0.5, 0.6) is 5.75 Å². The molecule has 0 N–H and O–H groups in total. The van der Waals surface area contributed by atoms with E-state index in [-0.39, 0.29) is 5.82 Å². The number of aromatic nitrogens is 3. The van der Waals surface area contributed by atoms with Gasteiger partial charge in [0.05, 0.1) is 0 Å². The molecule has 5 heteroatoms. The molecule has 0 bridgehead atoms. The first kappa shape index (κ1) is 29.0. The summed E-state index contributed by atoms with van der Waals surface area (Å²) in [6.07, 6.45) is 0. The molecule has 49 heavy (non-hydrogen) atoms. The van der Waals surface area contributed by atoms with Crippen LogP contribution in [0, 0.1) is 5.82 Å². The molecule has 234 valence electrons. The Balaban J connectivity index is 1.20. The monoisotopic (exact) mass is 635 g/mol. The lowest BCUT2D eigenvalue weighted by atomic mass is 9.85. The summed E-state index contributed by atoms with van der Waals surface area (Å²) in [5.74, 6) is 1.88. The molecular formula is C44H30FN3O. The van der Waals surface area contributed by atoms with Crippen molar-refractivity contribution < 1.29 is 9.13 Å². The summed E-state index contributed by atoms with van der Waals surface area (Å²) >= 11 is 0. The van der Waals surface area contributed by atoms with Crippen molar-refractivity contribution in [3.63, 3.8) is 0 Å². The fourth-order valence-corrected chi connectivity index (χ4v) is 6.89. The largest absolute Gasteiger partial charge is 0.482 e. The average Bonchev–Trinajstić information content (AvgIpc) is 3.14. The quantitative estimate of drug-likeness (QED) is 0.193. The van der Waals surface area contributed by atoms with Crippen molar-refractivity contribution in [1.29, 1.82) is 0 Å². The number of fused-ring (bicyclic) bond motifs is 5. The van der Waals surface area contributed by atoms with Gasteiger partial charge in [0.1, 0.15) is 17.2 Å². The van der Waals surface area contributed by atoms with Crippen LogP contribution in [0.1, 0.15) is 19.4 Å². The zero-order valence-corrected chi connectivity index (χ0v) is 27.0. The van der Waals surface area contributed by atoms with Crippen LogP contribution in [-0.2, 0) is 5.60 Å². The van der Waals surface area contributed by atoms with Crippen molar-refractivity contribution in [2.45, 2.75) is 19.4 Å². The molecule has 0 saturated carbocycles. The van der Waals surface area contributed by atoms with Gasteiger partial charge in [-0.05, 0) is 94.5 Å². The number of halogens is 1. The van der Waals surface area contributed by atoms with Crippen LogP contribution in [0.3, 0.4) is 0 Å². The van der Waals surface area contributed by atoms with E-state index in [1.165, 1.54) is 6.07 Å². The maximum atomic E-state index is 15.6. The van der Waals surface area contributed by atoms with Crippen molar-refractivity contribution in [2.24, 2.45) is 0 Å². The van der Waals surface area contributed by atoms with Crippen molar-refractivity contribution in [3.05, 3.63) is 157 Å². The Kier molecular flexibility index (Phi) is 6.63. The highest BCUT2D eigenvalue weighted by atomic mass is 19.1. The lowest BCUT2D eigenvalue weighted by Crippen LogP contribution is -2.29. The lowest BCUT2D eigenvalue weighted by Gasteiger charge is -2.35. The second kappa shape index (κ2) is 11.2. The van der Waals surface area contributed by atoms with Gasteiger partial charge in [-0.1, -0.05) is 103 Å². The number of ether oxygens (including phenoxy) is 1. The minimum absolute atomic E-state index is 0.372. The molecule has 1 aliphatic heterocycles. The molecular weight excluding hydrogens is 606 g/mol. The number of benzene rings is 7. The Bertz CT molecular complexity index is 2490. The van der Waals surface area contributed by atoms with Gasteiger partial charge in [0.2, 0.25) is 0 Å². The van der Waals surface area contributed by atoms with Crippen LogP contribution < -0.4 is 4.74 Å². The van der Waals surface area contributed by atoms with Gasteiger partial charge in [-0.3, -0.25) is 0 Å². The molecule has 0 radical (unpaired) electrons. The Hall–Kier alpha value is -6.20. The molecule has 7 aromatic carbocycles. The fourth-order valence-electron chi connectivity index (χ4n) is 6.89. The summed E-state index contributed by atoms with van der Waals surface area (Å²) in [5, 5.41) is 4.44. The van der Waals surface area contributed by atoms with E-state index >= 15 is 4.39 Å². The van der Waals surface area contributed by atoms with Crippen LogP contribution in [0.25, 0.3) is 78.0 Å². The smallest absolute Gasteiger partial charge is 0.164 e. The van der Waals surface area contributed by atoms with Gasteiger partial charge in [0.25, 0.3) is 0 Å². The van der Waals surface area contributed by atoms with E-state index in [0.29, 0.717) is 23.0 Å². The SMILES string of the molecule is CC1(C)Oc2ccc(-c3cc(F)cc(-c4nc(-c5ccc6ccccc6c5)nc(-c5ccc6ccccc6c5)n4)c3)cc2-c2ccccc21. The van der Waals surface area contributed by atoms with Crippen LogP contribution in [0.15, 0.2) is 146 Å². The maximum absolute atomic E-state index is 15.6. The van der Waals surface area contributed by atoms with E-state index in [9.17, 15) is 0 Å². The van der Waals surface area contributed by atoms with E-state index in [2.05, 4.69) is 80.6 Å². The highest BCUT2D eigenvalue weighted by Gasteiger charge is 2.32. The number of rotatable bonds is 4. The van der Waals surface area contributed by atoms with Crippen molar-refractivity contribution in [3.8, 4) is 62.2 Å². The first-order valence-corrected chi connectivity index (χ1v) is 16.4. The summed E-state index contributed by atoms with van der Waals surface area (Å²) in [5.41, 5.74) is 6.64. The topological polar surface area (TPSA) is 47.9 Å². The maximum Gasteiger partial charge on any atom is 0.164 e. The van der Waals surface area contributed by atoms with Crippen LogP contribution >= 0.6 is 0 Å². The molecule has 2 heterocycles. The van der Waals surface area contributed by atoms with E-state index in [4.69, 9.17) is 19.7 Å². The first-order chi connectivity index (χ1) is 23.9. The molecule has 4 nitrogen and oxygen atoms in total. The molecule has 9 rings (SSSR count). The van der Waals surface area contributed by atoms with Gasteiger partial charge in [0.15, 0.2) is 17.5 Å². The third-order valence-electron chi connectivity index (χ3n) is 9.35. The predicted molar refractivity (Wildman–Crippen MR) is 196 cm³/mol. The standard InChI is InChI=1S/C44H30FN3O/c1-44(2)39-14-8-7-13-37(39)38-26-31(19-20-40(38)49-44)34-23-35(25-36(45)24-34)43-47-41(32-17-15-27-9-3-5-11-29(27)21-32)46-42(48-43)33-18-16-28-10-4-6-12-30(28)22-33/h3-26H,1-2H3. The first-order valence-electron chi connectivity index (χ1n) is 16.4. The molecule has 0 saturated heterocycles. The Morgan fingerprint density at radius 2 is 0.980 bits per heavy atom. The van der Waals surface area contributed by atoms with Crippen LogP contribution in [0.4, 0.5) is 4.39 Å². The second-order valence-electron chi connectivity index (χ2n) is 13.0. The normalized spacial score (nSPS) is 13.1. The molecule has 0 aliphatic carbocycles. The third kappa shape index (κ3) is 5.20. The van der Waals surface area contributed by atoms with Crippen LogP contribution in [-0.4, -0.2) is 15.0 Å². The molecule has 0 atom stereocenters. The van der Waals surface area contributed by atoms with Crippen molar-refractivity contribution in [1.82, 2.24) is 15.0 Å². The summed E-state index contributed by atoms with van der Waals surface area (Å²) in [4.78, 5) is 14.9. The van der Waals surface area contributed by atoms with E-state index in [1.54, 1.807) is 6.07 Å². The minimum Gasteiger partial charge on any atom is -0.482 e. The average molecular weight is 636 g/mol. The number of nitrogens with zero attached hydrogens (tertiary/aromatic N) is 3. The highest BCUT2D eigenvalue weighted by Crippen LogP contribution is 2.46. The predicted octanol–water partition coefficient (Wildman–Crippen LogP) is 11.3. The molecule has 8 aromatic rings. The molecule has 0 amide bonds. The third-order valence-corrected chi connectivity index (χ3v) is 9.35. The van der Waals surface area contributed by atoms with Gasteiger partial charge in [-0.25, -0.2) is 19.3 Å². The lowest BCUT2D eigenvalue weighted by molar-refractivity contribution is 0.106. The Labute approximate surface area is 283 Å². The molecule has 0 unspecified atom stereocenters. The van der Waals surface area contributed by atoms with E-state index in [1.807, 2.05) is 66.7 Å². The minimum atomic E-state index is -0.457. The molecule has 0 fully saturated rings.